The fourth-order valence-corrected chi connectivity index (χ4v) is 2.03. The number of hydrazine groups is 1. The molecule has 0 saturated heterocycles. The molecule has 2 aromatic rings. The molecule has 0 bridgehead atoms. The maximum absolute atomic E-state index is 5.10. The number of nitrogens with one attached hydrogen (secondary N) is 2. The van der Waals surface area contributed by atoms with Crippen molar-refractivity contribution >= 4 is 47.1 Å². The number of aliphatic imine (C=N–C) groups is 2. The van der Waals surface area contributed by atoms with Crippen LogP contribution in [-0.4, -0.2) is 36.9 Å². The van der Waals surface area contributed by atoms with E-state index in [9.17, 15) is 0 Å². The number of benzene rings is 2. The van der Waals surface area contributed by atoms with Gasteiger partial charge in [-0.1, -0.05) is 0 Å². The number of rotatable bonds is 4. The summed E-state index contributed by atoms with van der Waals surface area (Å²) in [6.07, 6.45) is 3.28. The molecule has 0 fully saturated rings. The van der Waals surface area contributed by atoms with E-state index < -0.39 is 0 Å². The number of ether oxygens (including phenoxy) is 2. The number of hydrogen-bond acceptors (Lipinski definition) is 4. The SMILES string of the molecule is COc1ccc(/C=N/C(=S)NNC(=S)/N=C/c2ccc(OC)cc2)cc1. The maximum Gasteiger partial charge on any atom is 0.211 e. The molecule has 26 heavy (non-hydrogen) atoms. The molecule has 0 amide bonds. The Balaban J connectivity index is 1.79. The zero-order chi connectivity index (χ0) is 18.8. The summed E-state index contributed by atoms with van der Waals surface area (Å²) in [5.74, 6) is 1.56. The van der Waals surface area contributed by atoms with Crippen molar-refractivity contribution in [1.82, 2.24) is 10.9 Å². The summed E-state index contributed by atoms with van der Waals surface area (Å²) in [5, 5.41) is 0.477. The van der Waals surface area contributed by atoms with E-state index in [2.05, 4.69) is 20.8 Å². The van der Waals surface area contributed by atoms with Gasteiger partial charge >= 0.3 is 0 Å². The number of methoxy groups -OCH3 is 2. The number of nitrogens with zero attached hydrogens (tertiary/aromatic N) is 2. The second-order valence-corrected chi connectivity index (χ2v) is 5.70. The Hall–Kier alpha value is -2.84. The van der Waals surface area contributed by atoms with E-state index in [1.807, 2.05) is 48.5 Å². The third kappa shape index (κ3) is 6.58. The minimum absolute atomic E-state index is 0.239. The molecular formula is C18H18N4O2S2. The van der Waals surface area contributed by atoms with E-state index >= 15 is 0 Å². The normalized spacial score (nSPS) is 10.7. The molecule has 0 spiro atoms. The number of thiocarbonyl (C=S) groups is 2. The first kappa shape index (κ1) is 19.5. The van der Waals surface area contributed by atoms with Gasteiger partial charge < -0.3 is 9.47 Å². The van der Waals surface area contributed by atoms with Gasteiger partial charge in [0.2, 0.25) is 10.2 Å². The largest absolute Gasteiger partial charge is 0.497 e. The molecule has 2 N–H and O–H groups in total. The Morgan fingerprint density at radius 1 is 0.731 bits per heavy atom. The average molecular weight is 387 g/mol. The first-order valence-corrected chi connectivity index (χ1v) is 8.38. The van der Waals surface area contributed by atoms with Crippen LogP contribution >= 0.6 is 24.4 Å². The van der Waals surface area contributed by atoms with Crippen molar-refractivity contribution in [2.24, 2.45) is 9.98 Å². The standard InChI is InChI=1S/C18H18N4O2S2/c1-23-15-7-3-13(4-8-15)11-19-17(25)21-22-18(26)20-12-14-5-9-16(24-2)10-6-14/h3-12H,1-2H3,(H,21,25)(H,22,26)/b19-11+,20-12+. The van der Waals surface area contributed by atoms with Crippen LogP contribution in [0.4, 0.5) is 0 Å². The van der Waals surface area contributed by atoms with Crippen molar-refractivity contribution in [3.63, 3.8) is 0 Å². The molecule has 0 unspecified atom stereocenters. The quantitative estimate of drug-likeness (QED) is 0.478. The van der Waals surface area contributed by atoms with Gasteiger partial charge in [-0.15, -0.1) is 0 Å². The van der Waals surface area contributed by atoms with Crippen molar-refractivity contribution in [3.05, 3.63) is 59.7 Å². The lowest BCUT2D eigenvalue weighted by atomic mass is 10.2. The average Bonchev–Trinajstić information content (AvgIpc) is 2.69. The molecule has 0 aromatic heterocycles. The Morgan fingerprint density at radius 3 is 1.38 bits per heavy atom. The van der Waals surface area contributed by atoms with E-state index in [0.29, 0.717) is 0 Å². The van der Waals surface area contributed by atoms with Crippen LogP contribution in [0.2, 0.25) is 0 Å². The summed E-state index contributed by atoms with van der Waals surface area (Å²) in [6.45, 7) is 0. The minimum Gasteiger partial charge on any atom is -0.497 e. The van der Waals surface area contributed by atoms with E-state index in [0.717, 1.165) is 22.6 Å². The van der Waals surface area contributed by atoms with Crippen LogP contribution in [0.15, 0.2) is 58.5 Å². The summed E-state index contributed by atoms with van der Waals surface area (Å²) >= 11 is 10.2. The second kappa shape index (κ2) is 10.2. The van der Waals surface area contributed by atoms with E-state index in [4.69, 9.17) is 33.9 Å². The van der Waals surface area contributed by atoms with Crippen LogP contribution in [0.5, 0.6) is 11.5 Å². The van der Waals surface area contributed by atoms with Gasteiger partial charge in [-0.05, 0) is 84.1 Å². The van der Waals surface area contributed by atoms with Crippen molar-refractivity contribution in [1.29, 1.82) is 0 Å². The van der Waals surface area contributed by atoms with Gasteiger partial charge in [0.05, 0.1) is 14.2 Å². The van der Waals surface area contributed by atoms with Gasteiger partial charge in [0.1, 0.15) is 11.5 Å². The van der Waals surface area contributed by atoms with Gasteiger partial charge in [0.15, 0.2) is 0 Å². The lowest BCUT2D eigenvalue weighted by Gasteiger charge is -2.05. The molecule has 134 valence electrons. The lowest BCUT2D eigenvalue weighted by Crippen LogP contribution is -2.38. The highest BCUT2D eigenvalue weighted by molar-refractivity contribution is 7.80. The first-order chi connectivity index (χ1) is 12.6. The molecule has 8 heteroatoms. The van der Waals surface area contributed by atoms with Crippen molar-refractivity contribution < 1.29 is 9.47 Å². The molecule has 2 aromatic carbocycles. The molecule has 2 rings (SSSR count). The van der Waals surface area contributed by atoms with Crippen LogP contribution < -0.4 is 20.3 Å². The molecule has 0 radical (unpaired) electrons. The Morgan fingerprint density at radius 2 is 1.08 bits per heavy atom. The minimum atomic E-state index is 0.239. The Bertz CT molecular complexity index is 733. The molecular weight excluding hydrogens is 368 g/mol. The van der Waals surface area contributed by atoms with Crippen LogP contribution in [0.3, 0.4) is 0 Å². The first-order valence-electron chi connectivity index (χ1n) is 7.57. The molecule has 6 nitrogen and oxygen atoms in total. The van der Waals surface area contributed by atoms with Gasteiger partial charge in [-0.2, -0.15) is 0 Å². The smallest absolute Gasteiger partial charge is 0.211 e. The molecule has 0 aliphatic rings. The van der Waals surface area contributed by atoms with E-state index in [1.54, 1.807) is 26.6 Å². The monoisotopic (exact) mass is 386 g/mol. The number of hydrogen-bond donors (Lipinski definition) is 2. The van der Waals surface area contributed by atoms with Crippen molar-refractivity contribution in [2.45, 2.75) is 0 Å². The molecule has 0 atom stereocenters. The zero-order valence-corrected chi connectivity index (χ0v) is 15.9. The van der Waals surface area contributed by atoms with Crippen molar-refractivity contribution in [2.75, 3.05) is 14.2 Å². The molecule has 0 aliphatic carbocycles. The third-order valence-electron chi connectivity index (χ3n) is 3.17. The third-order valence-corrected chi connectivity index (χ3v) is 3.58. The molecule has 0 saturated carbocycles. The van der Waals surface area contributed by atoms with Crippen molar-refractivity contribution in [3.8, 4) is 11.5 Å². The highest BCUT2D eigenvalue weighted by Gasteiger charge is 1.96. The Kier molecular flexibility index (Phi) is 7.66. The summed E-state index contributed by atoms with van der Waals surface area (Å²) in [5.41, 5.74) is 7.22. The van der Waals surface area contributed by atoms with Gasteiger partial charge in [0.25, 0.3) is 0 Å². The lowest BCUT2D eigenvalue weighted by molar-refractivity contribution is 0.414. The van der Waals surface area contributed by atoms with Gasteiger partial charge in [-0.25, -0.2) is 9.98 Å². The Labute approximate surface area is 162 Å². The highest BCUT2D eigenvalue weighted by Crippen LogP contribution is 2.10. The second-order valence-electron chi connectivity index (χ2n) is 4.92. The van der Waals surface area contributed by atoms with E-state index in [-0.39, 0.29) is 10.2 Å². The predicted molar refractivity (Wildman–Crippen MR) is 113 cm³/mol. The highest BCUT2D eigenvalue weighted by atomic mass is 32.1. The fraction of sp³-hybridized carbons (Fsp3) is 0.111. The van der Waals surface area contributed by atoms with Crippen LogP contribution in [0, 0.1) is 0 Å². The maximum atomic E-state index is 5.10. The van der Waals surface area contributed by atoms with Crippen LogP contribution in [0.25, 0.3) is 0 Å². The zero-order valence-electron chi connectivity index (χ0n) is 14.3. The summed E-state index contributed by atoms with van der Waals surface area (Å²) in [4.78, 5) is 8.25. The van der Waals surface area contributed by atoms with E-state index in [1.165, 1.54) is 0 Å². The summed E-state index contributed by atoms with van der Waals surface area (Å²) in [7, 11) is 3.24. The summed E-state index contributed by atoms with van der Waals surface area (Å²) in [6, 6.07) is 14.9. The van der Waals surface area contributed by atoms with Crippen LogP contribution in [-0.2, 0) is 0 Å². The summed E-state index contributed by atoms with van der Waals surface area (Å²) < 4.78 is 10.2. The van der Waals surface area contributed by atoms with Gasteiger partial charge in [-0.3, -0.25) is 10.9 Å². The topological polar surface area (TPSA) is 67.2 Å². The predicted octanol–water partition coefficient (Wildman–Crippen LogP) is 2.91. The van der Waals surface area contributed by atoms with Gasteiger partial charge in [0, 0.05) is 12.4 Å². The fourth-order valence-electron chi connectivity index (χ4n) is 1.82. The molecule has 0 aliphatic heterocycles. The van der Waals surface area contributed by atoms with Crippen LogP contribution in [0.1, 0.15) is 11.1 Å². The molecule has 0 heterocycles.